The number of hydrogen-bond donors (Lipinski definition) is 2. The molecule has 1 aromatic heterocycles. The average Bonchev–Trinajstić information content (AvgIpc) is 3.13. The number of fused-ring (bicyclic) bond motifs is 1. The third kappa shape index (κ3) is 3.48. The number of hydrogen-bond acceptors (Lipinski definition) is 4. The Kier molecular flexibility index (Phi) is 4.71. The van der Waals surface area contributed by atoms with Gasteiger partial charge < -0.3 is 10.2 Å². The van der Waals surface area contributed by atoms with Crippen LogP contribution in [-0.4, -0.2) is 57.5 Å². The summed E-state index contributed by atoms with van der Waals surface area (Å²) in [7, 11) is 0. The first-order valence-electron chi connectivity index (χ1n) is 9.05. The standard InChI is InChI=1S/C19H23N5O2/c25-18(24-8-6-16-15(13-24)11-21-22-16)10-17-19(26)20-7-9-23(17)12-14-4-2-1-3-5-14/h1-5,11,17H,6-10,12-13H2,(H,20,26)(H,21,22)/t17-/m0/s1. The van der Waals surface area contributed by atoms with Crippen molar-refractivity contribution in [1.29, 1.82) is 0 Å². The maximum absolute atomic E-state index is 12.8. The molecule has 0 aliphatic carbocycles. The Balaban J connectivity index is 1.44. The molecule has 1 saturated heterocycles. The summed E-state index contributed by atoms with van der Waals surface area (Å²) in [5.74, 6) is -0.0292. The van der Waals surface area contributed by atoms with Crippen molar-refractivity contribution in [3.63, 3.8) is 0 Å². The molecule has 26 heavy (non-hydrogen) atoms. The topological polar surface area (TPSA) is 81.3 Å². The van der Waals surface area contributed by atoms with E-state index in [1.807, 2.05) is 23.1 Å². The molecule has 136 valence electrons. The summed E-state index contributed by atoms with van der Waals surface area (Å²) < 4.78 is 0. The summed E-state index contributed by atoms with van der Waals surface area (Å²) in [6.07, 6.45) is 2.78. The summed E-state index contributed by atoms with van der Waals surface area (Å²) in [6.45, 7) is 3.29. The van der Waals surface area contributed by atoms with Crippen molar-refractivity contribution < 1.29 is 9.59 Å². The Hall–Kier alpha value is -2.67. The van der Waals surface area contributed by atoms with Crippen LogP contribution in [0.25, 0.3) is 0 Å². The zero-order valence-electron chi connectivity index (χ0n) is 14.6. The first-order valence-corrected chi connectivity index (χ1v) is 9.05. The molecule has 2 amide bonds. The predicted octanol–water partition coefficient (Wildman–Crippen LogP) is 0.685. The number of aromatic nitrogens is 2. The van der Waals surface area contributed by atoms with Gasteiger partial charge in [0.15, 0.2) is 0 Å². The van der Waals surface area contributed by atoms with Crippen molar-refractivity contribution in [2.75, 3.05) is 19.6 Å². The van der Waals surface area contributed by atoms with Gasteiger partial charge in [0, 0.05) is 50.4 Å². The molecule has 1 atom stereocenters. The van der Waals surface area contributed by atoms with E-state index in [-0.39, 0.29) is 18.2 Å². The lowest BCUT2D eigenvalue weighted by atomic mass is 10.0. The SMILES string of the molecule is O=C1NCCN(Cc2ccccc2)[C@H]1CC(=O)N1CCc2[nH]ncc2C1. The molecule has 2 aliphatic heterocycles. The van der Waals surface area contributed by atoms with Crippen molar-refractivity contribution in [3.05, 3.63) is 53.3 Å². The van der Waals surface area contributed by atoms with E-state index in [9.17, 15) is 9.59 Å². The summed E-state index contributed by atoms with van der Waals surface area (Å²) in [5.41, 5.74) is 3.33. The molecule has 4 rings (SSSR count). The molecule has 2 N–H and O–H groups in total. The zero-order chi connectivity index (χ0) is 17.9. The van der Waals surface area contributed by atoms with Crippen LogP contribution in [0.15, 0.2) is 36.5 Å². The van der Waals surface area contributed by atoms with E-state index in [0.29, 0.717) is 26.2 Å². The lowest BCUT2D eigenvalue weighted by Gasteiger charge is -2.36. The van der Waals surface area contributed by atoms with Crippen LogP contribution in [0.3, 0.4) is 0 Å². The van der Waals surface area contributed by atoms with Gasteiger partial charge in [-0.05, 0) is 5.56 Å². The van der Waals surface area contributed by atoms with Crippen molar-refractivity contribution in [2.24, 2.45) is 0 Å². The number of carbonyl (C=O) groups excluding carboxylic acids is 2. The molecular formula is C19H23N5O2. The van der Waals surface area contributed by atoms with Gasteiger partial charge in [0.05, 0.1) is 18.7 Å². The minimum atomic E-state index is -0.415. The predicted molar refractivity (Wildman–Crippen MR) is 96.0 cm³/mol. The summed E-state index contributed by atoms with van der Waals surface area (Å²) in [6, 6.07) is 9.66. The average molecular weight is 353 g/mol. The van der Waals surface area contributed by atoms with E-state index in [1.54, 1.807) is 6.20 Å². The third-order valence-electron chi connectivity index (χ3n) is 5.19. The van der Waals surface area contributed by atoms with Gasteiger partial charge >= 0.3 is 0 Å². The fourth-order valence-corrected chi connectivity index (χ4v) is 3.72. The number of rotatable bonds is 4. The Bertz CT molecular complexity index is 788. The van der Waals surface area contributed by atoms with E-state index < -0.39 is 6.04 Å². The highest BCUT2D eigenvalue weighted by atomic mass is 16.2. The van der Waals surface area contributed by atoms with Crippen molar-refractivity contribution >= 4 is 11.8 Å². The summed E-state index contributed by atoms with van der Waals surface area (Å²) in [5, 5.41) is 9.93. The van der Waals surface area contributed by atoms with Crippen molar-refractivity contribution in [1.82, 2.24) is 25.3 Å². The molecule has 2 aliphatic rings. The first-order chi connectivity index (χ1) is 12.7. The molecule has 0 unspecified atom stereocenters. The first kappa shape index (κ1) is 16.8. The fraction of sp³-hybridized carbons (Fsp3) is 0.421. The summed E-state index contributed by atoms with van der Waals surface area (Å²) >= 11 is 0. The molecule has 0 radical (unpaired) electrons. The zero-order valence-corrected chi connectivity index (χ0v) is 14.6. The Labute approximate surface area is 152 Å². The second kappa shape index (κ2) is 7.29. The van der Waals surface area contributed by atoms with Crippen LogP contribution in [0.5, 0.6) is 0 Å². The number of carbonyl (C=O) groups is 2. The van der Waals surface area contributed by atoms with E-state index in [4.69, 9.17) is 0 Å². The van der Waals surface area contributed by atoms with Crippen LogP contribution in [0.4, 0.5) is 0 Å². The highest BCUT2D eigenvalue weighted by Gasteiger charge is 2.33. The monoisotopic (exact) mass is 353 g/mol. The molecule has 2 aromatic rings. The Morgan fingerprint density at radius 3 is 2.92 bits per heavy atom. The van der Waals surface area contributed by atoms with Gasteiger partial charge in [0.2, 0.25) is 11.8 Å². The van der Waals surface area contributed by atoms with Crippen LogP contribution >= 0.6 is 0 Å². The van der Waals surface area contributed by atoms with Crippen LogP contribution in [-0.2, 0) is 29.1 Å². The molecule has 0 bridgehead atoms. The molecule has 7 nitrogen and oxygen atoms in total. The molecule has 1 aromatic carbocycles. The molecule has 0 saturated carbocycles. The normalized spacial score (nSPS) is 20.5. The Morgan fingerprint density at radius 2 is 2.08 bits per heavy atom. The second-order valence-corrected chi connectivity index (χ2v) is 6.91. The minimum absolute atomic E-state index is 0.0250. The van der Waals surface area contributed by atoms with Gasteiger partial charge in [-0.2, -0.15) is 5.10 Å². The van der Waals surface area contributed by atoms with E-state index >= 15 is 0 Å². The van der Waals surface area contributed by atoms with Crippen molar-refractivity contribution in [3.8, 4) is 0 Å². The molecule has 1 fully saturated rings. The maximum atomic E-state index is 12.8. The quantitative estimate of drug-likeness (QED) is 0.847. The van der Waals surface area contributed by atoms with Crippen LogP contribution in [0.2, 0.25) is 0 Å². The number of H-pyrrole nitrogens is 1. The van der Waals surface area contributed by atoms with E-state index in [0.717, 1.165) is 29.8 Å². The smallest absolute Gasteiger partial charge is 0.237 e. The maximum Gasteiger partial charge on any atom is 0.237 e. The van der Waals surface area contributed by atoms with E-state index in [2.05, 4.69) is 32.5 Å². The molecule has 7 heteroatoms. The number of nitrogens with one attached hydrogen (secondary N) is 2. The number of aromatic amines is 1. The van der Waals surface area contributed by atoms with Gasteiger partial charge in [-0.3, -0.25) is 19.6 Å². The van der Waals surface area contributed by atoms with E-state index in [1.165, 1.54) is 0 Å². The number of benzene rings is 1. The highest BCUT2D eigenvalue weighted by molar-refractivity contribution is 5.89. The number of nitrogens with zero attached hydrogens (tertiary/aromatic N) is 3. The van der Waals surface area contributed by atoms with Gasteiger partial charge in [-0.25, -0.2) is 0 Å². The lowest BCUT2D eigenvalue weighted by molar-refractivity contribution is -0.139. The van der Waals surface area contributed by atoms with Crippen LogP contribution in [0, 0.1) is 0 Å². The van der Waals surface area contributed by atoms with Crippen molar-refractivity contribution in [2.45, 2.75) is 32.0 Å². The van der Waals surface area contributed by atoms with Crippen LogP contribution < -0.4 is 5.32 Å². The van der Waals surface area contributed by atoms with Gasteiger partial charge in [0.1, 0.15) is 0 Å². The molecule has 3 heterocycles. The highest BCUT2D eigenvalue weighted by Crippen LogP contribution is 2.19. The van der Waals surface area contributed by atoms with Gasteiger partial charge in [-0.1, -0.05) is 30.3 Å². The van der Waals surface area contributed by atoms with Crippen LogP contribution in [0.1, 0.15) is 23.2 Å². The minimum Gasteiger partial charge on any atom is -0.353 e. The largest absolute Gasteiger partial charge is 0.353 e. The third-order valence-corrected chi connectivity index (χ3v) is 5.19. The number of amides is 2. The molecular weight excluding hydrogens is 330 g/mol. The van der Waals surface area contributed by atoms with Gasteiger partial charge in [0.25, 0.3) is 0 Å². The second-order valence-electron chi connectivity index (χ2n) is 6.91. The Morgan fingerprint density at radius 1 is 1.23 bits per heavy atom. The number of piperazine rings is 1. The fourth-order valence-electron chi connectivity index (χ4n) is 3.72. The summed E-state index contributed by atoms with van der Waals surface area (Å²) in [4.78, 5) is 29.2. The van der Waals surface area contributed by atoms with Gasteiger partial charge in [-0.15, -0.1) is 0 Å². The lowest BCUT2D eigenvalue weighted by Crippen LogP contribution is -2.56. The molecule has 0 spiro atoms.